The Hall–Kier alpha value is -1.15. The van der Waals surface area contributed by atoms with Crippen LogP contribution in [0.4, 0.5) is 0 Å². The Kier molecular flexibility index (Phi) is 7.31. The van der Waals surface area contributed by atoms with Crippen LogP contribution in [0.5, 0.6) is 0 Å². The minimum absolute atomic E-state index is 0.0335. The Morgan fingerprint density at radius 1 is 1.04 bits per heavy atom. The molecule has 0 saturated carbocycles. The topological polar surface area (TPSA) is 35.6 Å². The fourth-order valence-corrected chi connectivity index (χ4v) is 4.23. The monoisotopic (exact) mass is 483 g/mol. The number of carbonyl (C=O) groups excluding carboxylic acids is 1. The van der Waals surface area contributed by atoms with E-state index >= 15 is 0 Å². The number of halogens is 2. The van der Waals surface area contributed by atoms with Gasteiger partial charge in [0.2, 0.25) is 0 Å². The van der Waals surface area contributed by atoms with Crippen LogP contribution in [0.15, 0.2) is 48.5 Å². The zero-order valence-electron chi connectivity index (χ0n) is 14.6. The number of hydrogen-bond donors (Lipinski definition) is 1. The van der Waals surface area contributed by atoms with Gasteiger partial charge in [-0.25, -0.2) is 0 Å². The number of nitrogens with zero attached hydrogens (tertiary/aromatic N) is 2. The lowest BCUT2D eigenvalue weighted by molar-refractivity contribution is 0.0933. The van der Waals surface area contributed by atoms with E-state index in [-0.39, 0.29) is 5.91 Å². The van der Waals surface area contributed by atoms with Gasteiger partial charge >= 0.3 is 0 Å². The number of hydrogen-bond acceptors (Lipinski definition) is 3. The van der Waals surface area contributed by atoms with Gasteiger partial charge in [-0.1, -0.05) is 41.9 Å². The molecule has 6 heteroatoms. The summed E-state index contributed by atoms with van der Waals surface area (Å²) in [4.78, 5) is 17.2. The number of benzene rings is 2. The van der Waals surface area contributed by atoms with Crippen LogP contribution in [-0.2, 0) is 6.54 Å². The minimum Gasteiger partial charge on any atom is -0.351 e. The van der Waals surface area contributed by atoms with Crippen molar-refractivity contribution in [3.05, 3.63) is 68.3 Å². The summed E-state index contributed by atoms with van der Waals surface area (Å²) >= 11 is 8.09. The quantitative estimate of drug-likeness (QED) is 0.639. The highest BCUT2D eigenvalue weighted by Crippen LogP contribution is 2.17. The van der Waals surface area contributed by atoms with Gasteiger partial charge in [-0.05, 0) is 46.4 Å². The molecule has 4 nitrogen and oxygen atoms in total. The first-order valence-electron chi connectivity index (χ1n) is 8.84. The summed E-state index contributed by atoms with van der Waals surface area (Å²) in [5.74, 6) is -0.0335. The molecule has 0 aliphatic carbocycles. The minimum atomic E-state index is -0.0335. The normalized spacial score (nSPS) is 15.8. The Morgan fingerprint density at radius 3 is 2.42 bits per heavy atom. The van der Waals surface area contributed by atoms with Crippen LogP contribution in [0.1, 0.15) is 15.9 Å². The molecule has 2 aromatic rings. The van der Waals surface area contributed by atoms with E-state index in [1.54, 1.807) is 12.1 Å². The molecule has 2 aromatic carbocycles. The lowest BCUT2D eigenvalue weighted by Crippen LogP contribution is -2.48. The first-order chi connectivity index (χ1) is 12.6. The van der Waals surface area contributed by atoms with Crippen LogP contribution < -0.4 is 5.32 Å². The van der Waals surface area contributed by atoms with Gasteiger partial charge in [-0.15, -0.1) is 0 Å². The zero-order chi connectivity index (χ0) is 18.4. The van der Waals surface area contributed by atoms with Crippen molar-refractivity contribution in [1.29, 1.82) is 0 Å². The molecular formula is C20H23ClIN3O. The maximum atomic E-state index is 12.3. The van der Waals surface area contributed by atoms with Crippen molar-refractivity contribution in [2.45, 2.75) is 6.54 Å². The average Bonchev–Trinajstić information content (AvgIpc) is 2.64. The van der Waals surface area contributed by atoms with Gasteiger partial charge < -0.3 is 5.32 Å². The molecular weight excluding hydrogens is 461 g/mol. The molecule has 0 atom stereocenters. The van der Waals surface area contributed by atoms with Gasteiger partial charge in [0.1, 0.15) is 0 Å². The highest BCUT2D eigenvalue weighted by Gasteiger charge is 2.17. The van der Waals surface area contributed by atoms with Gasteiger partial charge in [-0.2, -0.15) is 0 Å². The molecule has 1 heterocycles. The summed E-state index contributed by atoms with van der Waals surface area (Å²) in [6.45, 7) is 6.78. The SMILES string of the molecule is O=C(NCCN1CCN(Cc2ccccc2)CC1)c1ccc(Cl)cc1I. The standard InChI is InChI=1S/C20H23ClIN3O/c21-17-6-7-18(19(22)14-17)20(26)23-8-9-24-10-12-25(13-11-24)15-16-4-2-1-3-5-16/h1-7,14H,8-13,15H2,(H,23,26). The van der Waals surface area contributed by atoms with Gasteiger partial charge in [0, 0.05) is 54.4 Å². The van der Waals surface area contributed by atoms with E-state index in [1.165, 1.54) is 5.56 Å². The molecule has 1 aliphatic rings. The molecule has 26 heavy (non-hydrogen) atoms. The van der Waals surface area contributed by atoms with Crippen LogP contribution >= 0.6 is 34.2 Å². The van der Waals surface area contributed by atoms with Crippen LogP contribution in [0.2, 0.25) is 5.02 Å². The molecule has 1 fully saturated rings. The van der Waals surface area contributed by atoms with Crippen molar-refractivity contribution < 1.29 is 4.79 Å². The number of piperazine rings is 1. The third-order valence-corrected chi connectivity index (χ3v) is 5.73. The Morgan fingerprint density at radius 2 is 1.73 bits per heavy atom. The summed E-state index contributed by atoms with van der Waals surface area (Å²) in [6.07, 6.45) is 0. The van der Waals surface area contributed by atoms with Gasteiger partial charge in [0.25, 0.3) is 5.91 Å². The predicted molar refractivity (Wildman–Crippen MR) is 115 cm³/mol. The first-order valence-corrected chi connectivity index (χ1v) is 10.3. The van der Waals surface area contributed by atoms with Crippen LogP contribution in [0.3, 0.4) is 0 Å². The molecule has 0 aromatic heterocycles. The largest absolute Gasteiger partial charge is 0.351 e. The lowest BCUT2D eigenvalue weighted by atomic mass is 10.2. The molecule has 1 N–H and O–H groups in total. The van der Waals surface area contributed by atoms with Gasteiger partial charge in [0.15, 0.2) is 0 Å². The summed E-state index contributed by atoms with van der Waals surface area (Å²) in [5, 5.41) is 3.67. The Balaban J connectivity index is 1.38. The van der Waals surface area contributed by atoms with E-state index in [1.807, 2.05) is 6.07 Å². The number of amides is 1. The summed E-state index contributed by atoms with van der Waals surface area (Å²) < 4.78 is 0.877. The highest BCUT2D eigenvalue weighted by atomic mass is 127. The molecule has 1 amide bonds. The smallest absolute Gasteiger partial charge is 0.252 e. The first kappa shape index (κ1) is 19.6. The molecule has 3 rings (SSSR count). The van der Waals surface area contributed by atoms with Crippen molar-refractivity contribution in [1.82, 2.24) is 15.1 Å². The molecule has 1 saturated heterocycles. The van der Waals surface area contributed by atoms with Crippen LogP contribution in [0, 0.1) is 3.57 Å². The molecule has 0 unspecified atom stereocenters. The van der Waals surface area contributed by atoms with Crippen molar-refractivity contribution in [3.8, 4) is 0 Å². The van der Waals surface area contributed by atoms with Crippen LogP contribution in [-0.4, -0.2) is 55.0 Å². The zero-order valence-corrected chi connectivity index (χ0v) is 17.5. The van der Waals surface area contributed by atoms with Crippen molar-refractivity contribution in [2.24, 2.45) is 0 Å². The van der Waals surface area contributed by atoms with E-state index < -0.39 is 0 Å². The number of rotatable bonds is 6. The van der Waals surface area contributed by atoms with Gasteiger partial charge in [-0.3, -0.25) is 14.6 Å². The second-order valence-corrected chi connectivity index (χ2v) is 8.08. The molecule has 0 bridgehead atoms. The second-order valence-electron chi connectivity index (χ2n) is 6.48. The predicted octanol–water partition coefficient (Wildman–Crippen LogP) is 3.49. The summed E-state index contributed by atoms with van der Waals surface area (Å²) in [5.41, 5.74) is 2.05. The number of nitrogens with one attached hydrogen (secondary N) is 1. The van der Waals surface area contributed by atoms with E-state index in [9.17, 15) is 4.79 Å². The lowest BCUT2D eigenvalue weighted by Gasteiger charge is -2.34. The summed E-state index contributed by atoms with van der Waals surface area (Å²) in [7, 11) is 0. The third-order valence-electron chi connectivity index (χ3n) is 4.60. The average molecular weight is 484 g/mol. The maximum absolute atomic E-state index is 12.3. The molecule has 1 aliphatic heterocycles. The second kappa shape index (κ2) is 9.69. The molecule has 0 spiro atoms. The molecule has 0 radical (unpaired) electrons. The van der Waals surface area contributed by atoms with Crippen molar-refractivity contribution in [3.63, 3.8) is 0 Å². The Bertz CT molecular complexity index is 733. The van der Waals surface area contributed by atoms with E-state index in [0.717, 1.165) is 42.8 Å². The summed E-state index contributed by atoms with van der Waals surface area (Å²) in [6, 6.07) is 15.9. The van der Waals surface area contributed by atoms with Crippen LogP contribution in [0.25, 0.3) is 0 Å². The van der Waals surface area contributed by atoms with E-state index in [2.05, 4.69) is 68.0 Å². The fourth-order valence-electron chi connectivity index (χ4n) is 3.11. The van der Waals surface area contributed by atoms with Gasteiger partial charge in [0.05, 0.1) is 5.56 Å². The highest BCUT2D eigenvalue weighted by molar-refractivity contribution is 14.1. The van der Waals surface area contributed by atoms with Crippen molar-refractivity contribution in [2.75, 3.05) is 39.3 Å². The van der Waals surface area contributed by atoms with E-state index in [4.69, 9.17) is 11.6 Å². The molecule has 138 valence electrons. The number of carbonyl (C=O) groups is 1. The Labute approximate surface area is 173 Å². The third kappa shape index (κ3) is 5.67. The fraction of sp³-hybridized carbons (Fsp3) is 0.350. The van der Waals surface area contributed by atoms with E-state index in [0.29, 0.717) is 17.1 Å². The van der Waals surface area contributed by atoms with Crippen molar-refractivity contribution >= 4 is 40.1 Å². The maximum Gasteiger partial charge on any atom is 0.252 e.